The molecule has 0 atom stereocenters. The van der Waals surface area contributed by atoms with E-state index in [0.717, 1.165) is 5.69 Å². The van der Waals surface area contributed by atoms with Gasteiger partial charge in [-0.3, -0.25) is 5.41 Å². The monoisotopic (exact) mass is 137 g/mol. The standard InChI is InChI=1S/C5H7N5/c1-3-2-8-5(9-3)4(6)10-7/h2,6-7H,1H3,(H,8,9). The number of nitrogens with zero attached hydrogens (tertiary/aromatic N) is 2. The van der Waals surface area contributed by atoms with Crippen molar-refractivity contribution in [2.75, 3.05) is 0 Å². The molecule has 0 aliphatic rings. The summed E-state index contributed by atoms with van der Waals surface area (Å²) in [5.74, 6) is 0.195. The predicted molar refractivity (Wildman–Crippen MR) is 35.3 cm³/mol. The summed E-state index contributed by atoms with van der Waals surface area (Å²) in [5.41, 5.74) is 7.36. The minimum absolute atomic E-state index is 0.145. The fraction of sp³-hybridized carbons (Fsp3) is 0.200. The normalized spacial score (nSPS) is 9.30. The number of H-pyrrole nitrogens is 1. The highest BCUT2D eigenvalue weighted by Crippen LogP contribution is 1.95. The van der Waals surface area contributed by atoms with Gasteiger partial charge in [-0.05, 0) is 6.92 Å². The highest BCUT2D eigenvalue weighted by atomic mass is 15.1. The Kier molecular flexibility index (Phi) is 1.57. The van der Waals surface area contributed by atoms with Crippen molar-refractivity contribution in [1.29, 1.82) is 10.9 Å². The average Bonchev–Trinajstić information content (AvgIpc) is 2.34. The van der Waals surface area contributed by atoms with E-state index in [-0.39, 0.29) is 5.84 Å². The number of imidazole rings is 1. The summed E-state index contributed by atoms with van der Waals surface area (Å²) in [4.78, 5) is 6.57. The summed E-state index contributed by atoms with van der Waals surface area (Å²) in [6, 6.07) is 0. The lowest BCUT2D eigenvalue weighted by atomic mass is 10.5. The van der Waals surface area contributed by atoms with E-state index in [2.05, 4.69) is 15.1 Å². The van der Waals surface area contributed by atoms with Crippen LogP contribution >= 0.6 is 0 Å². The van der Waals surface area contributed by atoms with Gasteiger partial charge in [-0.25, -0.2) is 10.5 Å². The Balaban J connectivity index is 2.95. The minimum Gasteiger partial charge on any atom is -0.339 e. The molecule has 1 aromatic rings. The smallest absolute Gasteiger partial charge is 0.209 e. The molecule has 0 spiro atoms. The van der Waals surface area contributed by atoms with Gasteiger partial charge in [-0.15, -0.1) is 5.11 Å². The zero-order valence-electron chi connectivity index (χ0n) is 5.47. The number of hydrogen-bond donors (Lipinski definition) is 3. The molecule has 0 bridgehead atoms. The van der Waals surface area contributed by atoms with Crippen molar-refractivity contribution in [3.8, 4) is 0 Å². The van der Waals surface area contributed by atoms with Gasteiger partial charge in [0.1, 0.15) is 0 Å². The van der Waals surface area contributed by atoms with Crippen molar-refractivity contribution in [2.45, 2.75) is 6.92 Å². The van der Waals surface area contributed by atoms with Crippen LogP contribution < -0.4 is 0 Å². The van der Waals surface area contributed by atoms with E-state index >= 15 is 0 Å². The summed E-state index contributed by atoms with van der Waals surface area (Å²) < 4.78 is 0. The van der Waals surface area contributed by atoms with E-state index in [4.69, 9.17) is 10.9 Å². The summed E-state index contributed by atoms with van der Waals surface area (Å²) >= 11 is 0. The SMILES string of the molecule is Cc1cnc(C(=N)N=N)[nH]1. The van der Waals surface area contributed by atoms with Crippen LogP contribution in [0.4, 0.5) is 0 Å². The largest absolute Gasteiger partial charge is 0.339 e. The van der Waals surface area contributed by atoms with Gasteiger partial charge in [0.2, 0.25) is 5.84 Å². The number of rotatable bonds is 1. The molecule has 0 saturated heterocycles. The molecule has 0 aromatic carbocycles. The Bertz CT molecular complexity index is 261. The van der Waals surface area contributed by atoms with Crippen molar-refractivity contribution in [1.82, 2.24) is 9.97 Å². The highest BCUT2D eigenvalue weighted by Gasteiger charge is 2.01. The highest BCUT2D eigenvalue weighted by molar-refractivity contribution is 5.92. The van der Waals surface area contributed by atoms with Crippen LogP contribution in [0, 0.1) is 17.9 Å². The van der Waals surface area contributed by atoms with Gasteiger partial charge in [0.25, 0.3) is 0 Å². The quantitative estimate of drug-likeness (QED) is 0.301. The molecule has 0 saturated carbocycles. The zero-order chi connectivity index (χ0) is 7.56. The molecule has 5 nitrogen and oxygen atoms in total. The van der Waals surface area contributed by atoms with Crippen molar-refractivity contribution in [3.63, 3.8) is 0 Å². The van der Waals surface area contributed by atoms with E-state index in [1.165, 1.54) is 0 Å². The van der Waals surface area contributed by atoms with Gasteiger partial charge in [0.15, 0.2) is 5.82 Å². The van der Waals surface area contributed by atoms with Crippen LogP contribution in [0.15, 0.2) is 11.3 Å². The van der Waals surface area contributed by atoms with E-state index in [0.29, 0.717) is 5.82 Å². The first-order chi connectivity index (χ1) is 4.74. The topological polar surface area (TPSA) is 88.7 Å². The number of aromatic nitrogens is 2. The number of hydrogen-bond acceptors (Lipinski definition) is 3. The predicted octanol–water partition coefficient (Wildman–Crippen LogP) is 1.07. The second-order valence-corrected chi connectivity index (χ2v) is 1.88. The summed E-state index contributed by atoms with van der Waals surface area (Å²) in [6.07, 6.45) is 1.59. The molecule has 1 rings (SSSR count). The van der Waals surface area contributed by atoms with E-state index in [9.17, 15) is 0 Å². The van der Waals surface area contributed by atoms with E-state index in [1.54, 1.807) is 6.20 Å². The Labute approximate surface area is 57.5 Å². The first-order valence-electron chi connectivity index (χ1n) is 2.72. The number of aromatic amines is 1. The van der Waals surface area contributed by atoms with E-state index in [1.807, 2.05) is 6.92 Å². The Morgan fingerprint density at radius 1 is 1.80 bits per heavy atom. The molecule has 10 heavy (non-hydrogen) atoms. The Morgan fingerprint density at radius 2 is 2.50 bits per heavy atom. The molecular weight excluding hydrogens is 130 g/mol. The maximum atomic E-state index is 7.04. The summed E-state index contributed by atoms with van der Waals surface area (Å²) in [5, 5.41) is 9.96. The molecule has 5 heteroatoms. The summed E-state index contributed by atoms with van der Waals surface area (Å²) in [7, 11) is 0. The second-order valence-electron chi connectivity index (χ2n) is 1.88. The molecule has 3 N–H and O–H groups in total. The van der Waals surface area contributed by atoms with Gasteiger partial charge < -0.3 is 4.98 Å². The first-order valence-corrected chi connectivity index (χ1v) is 2.72. The van der Waals surface area contributed by atoms with Crippen LogP contribution in [0.25, 0.3) is 0 Å². The summed E-state index contributed by atoms with van der Waals surface area (Å²) in [6.45, 7) is 1.83. The zero-order valence-corrected chi connectivity index (χ0v) is 5.47. The van der Waals surface area contributed by atoms with Crippen LogP contribution in [0.2, 0.25) is 0 Å². The molecule has 0 fully saturated rings. The molecule has 0 radical (unpaired) electrons. The van der Waals surface area contributed by atoms with Crippen LogP contribution in [0.5, 0.6) is 0 Å². The molecular formula is C5H7N5. The fourth-order valence-electron chi connectivity index (χ4n) is 0.586. The lowest BCUT2D eigenvalue weighted by Gasteiger charge is -1.85. The van der Waals surface area contributed by atoms with Crippen molar-refractivity contribution in [3.05, 3.63) is 17.7 Å². The molecule has 0 aliphatic carbocycles. The molecule has 0 aliphatic heterocycles. The lowest BCUT2D eigenvalue weighted by molar-refractivity contribution is 1.11. The number of nitrogens with one attached hydrogen (secondary N) is 3. The van der Waals surface area contributed by atoms with Crippen LogP contribution in [-0.2, 0) is 0 Å². The number of aryl methyl sites for hydroxylation is 1. The lowest BCUT2D eigenvalue weighted by Crippen LogP contribution is -1.95. The molecule has 0 unspecified atom stereocenters. The number of amidine groups is 1. The molecule has 1 heterocycles. The molecule has 0 amide bonds. The molecule has 52 valence electrons. The minimum atomic E-state index is -0.145. The van der Waals surface area contributed by atoms with Gasteiger partial charge in [-0.2, -0.15) is 0 Å². The van der Waals surface area contributed by atoms with Crippen molar-refractivity contribution >= 4 is 5.84 Å². The Hall–Kier alpha value is -1.52. The third kappa shape index (κ3) is 1.07. The average molecular weight is 137 g/mol. The van der Waals surface area contributed by atoms with Gasteiger partial charge in [0.05, 0.1) is 0 Å². The van der Waals surface area contributed by atoms with Crippen LogP contribution in [0.3, 0.4) is 0 Å². The fourth-order valence-corrected chi connectivity index (χ4v) is 0.586. The third-order valence-electron chi connectivity index (χ3n) is 1.04. The van der Waals surface area contributed by atoms with Crippen molar-refractivity contribution < 1.29 is 0 Å². The Morgan fingerprint density at radius 3 is 2.90 bits per heavy atom. The van der Waals surface area contributed by atoms with Gasteiger partial charge in [-0.1, -0.05) is 0 Å². The van der Waals surface area contributed by atoms with E-state index < -0.39 is 0 Å². The van der Waals surface area contributed by atoms with Crippen LogP contribution in [-0.4, -0.2) is 15.8 Å². The van der Waals surface area contributed by atoms with Crippen LogP contribution in [0.1, 0.15) is 11.5 Å². The maximum absolute atomic E-state index is 7.04. The van der Waals surface area contributed by atoms with Gasteiger partial charge in [0, 0.05) is 11.9 Å². The van der Waals surface area contributed by atoms with Gasteiger partial charge >= 0.3 is 0 Å². The second kappa shape index (κ2) is 2.38. The molecule has 1 aromatic heterocycles. The first kappa shape index (κ1) is 6.60. The maximum Gasteiger partial charge on any atom is 0.209 e. The third-order valence-corrected chi connectivity index (χ3v) is 1.04. The van der Waals surface area contributed by atoms with Crippen molar-refractivity contribution in [2.24, 2.45) is 5.11 Å².